The van der Waals surface area contributed by atoms with E-state index in [1.54, 1.807) is 46.9 Å². The Hall–Kier alpha value is -3.06. The largest absolute Gasteiger partial charge is 0.346 e. The third kappa shape index (κ3) is 4.58. The SMILES string of the molecule is N#Cc1ccc(S(=O)(=O)N2c3ccc(C(=O)NCc4ncccc4Cl)cc3C3(CCSCC3)C2C2CC2)cc1. The van der Waals surface area contributed by atoms with Crippen LogP contribution in [0.25, 0.3) is 0 Å². The number of carbonyl (C=O) groups excluding carboxylic acids is 1. The van der Waals surface area contributed by atoms with Gasteiger partial charge in [0.1, 0.15) is 0 Å². The summed E-state index contributed by atoms with van der Waals surface area (Å²) in [6, 6.07) is 16.9. The molecule has 1 N–H and O–H groups in total. The molecule has 1 amide bonds. The summed E-state index contributed by atoms with van der Waals surface area (Å²) in [6.07, 6.45) is 5.34. The van der Waals surface area contributed by atoms with E-state index in [2.05, 4.69) is 16.4 Å². The fraction of sp³-hybridized carbons (Fsp3) is 0.345. The third-order valence-electron chi connectivity index (χ3n) is 8.10. The number of fused-ring (bicyclic) bond motifs is 2. The van der Waals surface area contributed by atoms with E-state index < -0.39 is 10.0 Å². The fourth-order valence-electron chi connectivity index (χ4n) is 6.07. The number of pyridine rings is 1. The Kier molecular flexibility index (Phi) is 6.82. The zero-order valence-electron chi connectivity index (χ0n) is 21.1. The smallest absolute Gasteiger partial charge is 0.264 e. The molecule has 3 aromatic rings. The molecule has 0 radical (unpaired) electrons. The van der Waals surface area contributed by atoms with Crippen molar-refractivity contribution in [2.45, 2.75) is 48.6 Å². The van der Waals surface area contributed by atoms with E-state index in [0.717, 1.165) is 42.8 Å². The number of sulfonamides is 1. The van der Waals surface area contributed by atoms with Crippen LogP contribution >= 0.6 is 23.4 Å². The summed E-state index contributed by atoms with van der Waals surface area (Å²) in [4.78, 5) is 17.7. The summed E-state index contributed by atoms with van der Waals surface area (Å²) in [5, 5.41) is 12.6. The van der Waals surface area contributed by atoms with Gasteiger partial charge in [-0.3, -0.25) is 14.1 Å². The van der Waals surface area contributed by atoms with Gasteiger partial charge in [0.15, 0.2) is 0 Å². The van der Waals surface area contributed by atoms with E-state index in [4.69, 9.17) is 11.6 Å². The van der Waals surface area contributed by atoms with Crippen LogP contribution in [0.1, 0.15) is 52.9 Å². The van der Waals surface area contributed by atoms with E-state index in [0.29, 0.717) is 27.5 Å². The molecule has 0 bridgehead atoms. The first-order valence-corrected chi connectivity index (χ1v) is 16.0. The fourth-order valence-corrected chi connectivity index (χ4v) is 9.27. The van der Waals surface area contributed by atoms with Crippen molar-refractivity contribution in [1.82, 2.24) is 10.3 Å². The van der Waals surface area contributed by atoms with Gasteiger partial charge in [0, 0.05) is 17.2 Å². The molecule has 3 heterocycles. The highest BCUT2D eigenvalue weighted by atomic mass is 35.5. The molecule has 1 spiro atoms. The number of nitrogens with one attached hydrogen (secondary N) is 1. The van der Waals surface area contributed by atoms with E-state index in [9.17, 15) is 18.5 Å². The Morgan fingerprint density at radius 1 is 1.15 bits per heavy atom. The molecular weight excluding hydrogens is 552 g/mol. The first kappa shape index (κ1) is 26.2. The molecule has 1 aromatic heterocycles. The summed E-state index contributed by atoms with van der Waals surface area (Å²) >= 11 is 8.11. The van der Waals surface area contributed by atoms with Crippen LogP contribution in [0, 0.1) is 17.2 Å². The van der Waals surface area contributed by atoms with Crippen molar-refractivity contribution in [3.8, 4) is 6.07 Å². The first-order valence-electron chi connectivity index (χ1n) is 13.0. The molecule has 1 aliphatic carbocycles. The predicted octanol–water partition coefficient (Wildman–Crippen LogP) is 5.29. The summed E-state index contributed by atoms with van der Waals surface area (Å²) in [5.41, 5.74) is 2.75. The van der Waals surface area contributed by atoms with Crippen LogP contribution in [0.15, 0.2) is 65.7 Å². The molecule has 6 rings (SSSR count). The monoisotopic (exact) mass is 578 g/mol. The minimum Gasteiger partial charge on any atom is -0.346 e. The lowest BCUT2D eigenvalue weighted by Crippen LogP contribution is -2.50. The molecule has 2 aromatic carbocycles. The molecule has 1 saturated heterocycles. The molecule has 2 aliphatic heterocycles. The van der Waals surface area contributed by atoms with Crippen LogP contribution < -0.4 is 9.62 Å². The molecule has 1 atom stereocenters. The predicted molar refractivity (Wildman–Crippen MR) is 152 cm³/mol. The molecule has 39 heavy (non-hydrogen) atoms. The lowest BCUT2D eigenvalue weighted by molar-refractivity contribution is 0.0950. The van der Waals surface area contributed by atoms with Crippen molar-refractivity contribution in [3.05, 3.63) is 88.2 Å². The summed E-state index contributed by atoms with van der Waals surface area (Å²) in [5.74, 6) is 1.91. The molecule has 3 aliphatic rings. The number of halogens is 1. The van der Waals surface area contributed by atoms with Crippen molar-refractivity contribution in [2.75, 3.05) is 15.8 Å². The topological polar surface area (TPSA) is 103 Å². The maximum Gasteiger partial charge on any atom is 0.264 e. The molecule has 7 nitrogen and oxygen atoms in total. The van der Waals surface area contributed by atoms with Gasteiger partial charge < -0.3 is 5.32 Å². The Morgan fingerprint density at radius 2 is 1.90 bits per heavy atom. The summed E-state index contributed by atoms with van der Waals surface area (Å²) in [7, 11) is -3.90. The number of nitriles is 1. The number of hydrogen-bond acceptors (Lipinski definition) is 6. The molecule has 1 saturated carbocycles. The highest BCUT2D eigenvalue weighted by Crippen LogP contribution is 2.59. The van der Waals surface area contributed by atoms with Crippen molar-refractivity contribution >= 4 is 45.0 Å². The Bertz CT molecular complexity index is 1580. The summed E-state index contributed by atoms with van der Waals surface area (Å²) in [6.45, 7) is 0.196. The van der Waals surface area contributed by atoms with E-state index in [1.807, 2.05) is 17.8 Å². The van der Waals surface area contributed by atoms with Gasteiger partial charge in [-0.05, 0) is 103 Å². The number of amides is 1. The number of rotatable bonds is 6. The lowest BCUT2D eigenvalue weighted by atomic mass is 9.70. The van der Waals surface area contributed by atoms with Gasteiger partial charge in [0.25, 0.3) is 15.9 Å². The number of nitrogens with zero attached hydrogens (tertiary/aromatic N) is 3. The Morgan fingerprint density at radius 3 is 2.56 bits per heavy atom. The van der Waals surface area contributed by atoms with Crippen molar-refractivity contribution in [1.29, 1.82) is 5.26 Å². The zero-order valence-corrected chi connectivity index (χ0v) is 23.5. The Labute approximate surface area is 237 Å². The zero-order chi connectivity index (χ0) is 27.2. The molecule has 2 fully saturated rings. The van der Waals surface area contributed by atoms with Gasteiger partial charge in [0.2, 0.25) is 0 Å². The average Bonchev–Trinajstić information content (AvgIpc) is 3.76. The number of hydrogen-bond donors (Lipinski definition) is 1. The van der Waals surface area contributed by atoms with Gasteiger partial charge >= 0.3 is 0 Å². The van der Waals surface area contributed by atoms with Crippen LogP contribution in [0.3, 0.4) is 0 Å². The van der Waals surface area contributed by atoms with Gasteiger partial charge in [-0.2, -0.15) is 17.0 Å². The molecule has 10 heteroatoms. The van der Waals surface area contributed by atoms with Crippen LogP contribution in [0.4, 0.5) is 5.69 Å². The maximum absolute atomic E-state index is 14.2. The van der Waals surface area contributed by atoms with Gasteiger partial charge in [-0.15, -0.1) is 0 Å². The van der Waals surface area contributed by atoms with Gasteiger partial charge in [0.05, 0.1) is 45.5 Å². The quantitative estimate of drug-likeness (QED) is 0.426. The number of carbonyl (C=O) groups is 1. The van der Waals surface area contributed by atoms with E-state index in [-0.39, 0.29) is 34.7 Å². The van der Waals surface area contributed by atoms with E-state index in [1.165, 1.54) is 12.1 Å². The molecule has 1 unspecified atom stereocenters. The van der Waals surface area contributed by atoms with Crippen molar-refractivity contribution in [2.24, 2.45) is 5.92 Å². The van der Waals surface area contributed by atoms with Gasteiger partial charge in [-0.25, -0.2) is 8.42 Å². The van der Waals surface area contributed by atoms with Gasteiger partial charge in [-0.1, -0.05) is 11.6 Å². The summed E-state index contributed by atoms with van der Waals surface area (Å²) < 4.78 is 30.1. The number of benzene rings is 2. The van der Waals surface area contributed by atoms with Crippen LogP contribution in [-0.4, -0.2) is 36.9 Å². The second kappa shape index (κ2) is 10.2. The van der Waals surface area contributed by atoms with Crippen molar-refractivity contribution in [3.63, 3.8) is 0 Å². The molecular formula is C29H27ClN4O3S2. The first-order chi connectivity index (χ1) is 18.8. The number of aromatic nitrogens is 1. The standard InChI is InChI=1S/C29H27ClN4O3S2/c30-24-2-1-13-32-25(24)18-33-28(35)21-7-10-26-23(16-21)29(11-14-38-15-12-29)27(20-5-6-20)34(26)39(36,37)22-8-3-19(17-31)4-9-22/h1-4,7-10,13,16,20,27H,5-6,11-12,14-15,18H2,(H,33,35). The Balaban J connectivity index is 1.41. The van der Waals surface area contributed by atoms with Crippen LogP contribution in [-0.2, 0) is 22.0 Å². The minimum absolute atomic E-state index is 0.175. The second-order valence-electron chi connectivity index (χ2n) is 10.3. The molecule has 200 valence electrons. The highest BCUT2D eigenvalue weighted by molar-refractivity contribution is 7.99. The van der Waals surface area contributed by atoms with Crippen LogP contribution in [0.5, 0.6) is 0 Å². The number of thioether (sulfide) groups is 1. The lowest BCUT2D eigenvalue weighted by Gasteiger charge is -2.41. The van der Waals surface area contributed by atoms with Crippen molar-refractivity contribution < 1.29 is 13.2 Å². The maximum atomic E-state index is 14.2. The number of anilines is 1. The van der Waals surface area contributed by atoms with E-state index >= 15 is 0 Å². The second-order valence-corrected chi connectivity index (χ2v) is 13.8. The minimum atomic E-state index is -3.90. The normalized spacial score (nSPS) is 19.9. The third-order valence-corrected chi connectivity index (χ3v) is 11.2. The highest BCUT2D eigenvalue weighted by Gasteiger charge is 2.59. The average molecular weight is 579 g/mol. The van der Waals surface area contributed by atoms with Crippen LogP contribution in [0.2, 0.25) is 5.02 Å².